The van der Waals surface area contributed by atoms with Gasteiger partial charge in [0, 0.05) is 17.5 Å². The molecule has 0 saturated carbocycles. The first-order valence-corrected chi connectivity index (χ1v) is 11.4. The maximum Gasteiger partial charge on any atom is 0.224 e. The van der Waals surface area contributed by atoms with Crippen LogP contribution < -0.4 is 10.6 Å². The summed E-state index contributed by atoms with van der Waals surface area (Å²) in [5.74, 6) is -1.61. The number of carbonyl (C=O) groups excluding carboxylic acids is 1. The minimum atomic E-state index is -0.893. The largest absolute Gasteiger partial charge is 0.390 e. The molecular formula is C23H30F2N2O2S. The third-order valence-electron chi connectivity index (χ3n) is 4.77. The highest BCUT2D eigenvalue weighted by molar-refractivity contribution is 7.98. The Morgan fingerprint density at radius 2 is 1.77 bits per heavy atom. The number of aliphatic hydroxyl groups is 1. The van der Waals surface area contributed by atoms with Crippen LogP contribution in [-0.2, 0) is 17.6 Å². The van der Waals surface area contributed by atoms with Crippen LogP contribution in [0, 0.1) is 11.6 Å². The molecule has 0 aliphatic heterocycles. The summed E-state index contributed by atoms with van der Waals surface area (Å²) < 4.78 is 27.1. The van der Waals surface area contributed by atoms with E-state index in [2.05, 4.69) is 17.6 Å². The monoisotopic (exact) mass is 436 g/mol. The highest BCUT2D eigenvalue weighted by Crippen LogP contribution is 2.16. The van der Waals surface area contributed by atoms with Crippen LogP contribution in [0.15, 0.2) is 47.4 Å². The zero-order chi connectivity index (χ0) is 21.9. The molecule has 0 radical (unpaired) electrons. The van der Waals surface area contributed by atoms with Gasteiger partial charge in [-0.15, -0.1) is 11.8 Å². The molecule has 0 aromatic heterocycles. The zero-order valence-electron chi connectivity index (χ0n) is 17.5. The number of hydrogen-bond donors (Lipinski definition) is 3. The molecule has 0 heterocycles. The second-order valence-electron chi connectivity index (χ2n) is 7.31. The Morgan fingerprint density at radius 1 is 1.10 bits per heavy atom. The maximum atomic E-state index is 13.6. The first-order valence-electron chi connectivity index (χ1n) is 10.2. The Morgan fingerprint density at radius 3 is 2.37 bits per heavy atom. The number of thioether (sulfide) groups is 1. The van der Waals surface area contributed by atoms with Crippen molar-refractivity contribution in [2.45, 2.75) is 49.6 Å². The number of rotatable bonds is 12. The molecular weight excluding hydrogens is 406 g/mol. The van der Waals surface area contributed by atoms with Gasteiger partial charge in [-0.05, 0) is 61.0 Å². The van der Waals surface area contributed by atoms with Crippen LogP contribution >= 0.6 is 11.8 Å². The molecule has 0 unspecified atom stereocenters. The lowest BCUT2D eigenvalue weighted by Crippen LogP contribution is -2.49. The summed E-state index contributed by atoms with van der Waals surface area (Å²) in [5.41, 5.74) is 1.24. The van der Waals surface area contributed by atoms with Gasteiger partial charge in [0.05, 0.1) is 18.6 Å². The molecule has 0 spiro atoms. The molecule has 164 valence electrons. The Bertz CT molecular complexity index is 782. The van der Waals surface area contributed by atoms with Crippen LogP contribution in [0.5, 0.6) is 0 Å². The predicted octanol–water partition coefficient (Wildman–Crippen LogP) is 3.71. The minimum absolute atomic E-state index is 0.127. The number of hydrogen-bond acceptors (Lipinski definition) is 4. The summed E-state index contributed by atoms with van der Waals surface area (Å²) in [6.45, 7) is 3.11. The summed E-state index contributed by atoms with van der Waals surface area (Å²) >= 11 is 1.62. The van der Waals surface area contributed by atoms with E-state index in [1.54, 1.807) is 11.8 Å². The molecule has 2 aromatic carbocycles. The van der Waals surface area contributed by atoms with Crippen molar-refractivity contribution in [3.05, 3.63) is 65.2 Å². The van der Waals surface area contributed by atoms with Crippen molar-refractivity contribution in [2.24, 2.45) is 0 Å². The lowest BCUT2D eigenvalue weighted by molar-refractivity contribution is -0.122. The molecule has 3 N–H and O–H groups in total. The van der Waals surface area contributed by atoms with E-state index in [0.717, 1.165) is 35.9 Å². The van der Waals surface area contributed by atoms with Crippen LogP contribution in [-0.4, -0.2) is 42.5 Å². The molecule has 2 aromatic rings. The fourth-order valence-electron chi connectivity index (χ4n) is 3.15. The Hall–Kier alpha value is -1.96. The molecule has 0 aliphatic carbocycles. The Kier molecular flexibility index (Phi) is 10.3. The minimum Gasteiger partial charge on any atom is -0.390 e. The zero-order valence-corrected chi connectivity index (χ0v) is 18.3. The number of carbonyl (C=O) groups is 1. The normalized spacial score (nSPS) is 13.1. The van der Waals surface area contributed by atoms with Gasteiger partial charge in [0.2, 0.25) is 5.91 Å². The van der Waals surface area contributed by atoms with E-state index in [-0.39, 0.29) is 25.3 Å². The standard InChI is InChI=1S/C23H30F2N2O2S/c1-3-4-9-26-15-22(28)21(12-17-10-18(24)14-19(25)11-17)27-23(29)13-16-5-7-20(30-2)8-6-16/h5-8,10-11,14,21-22,26,28H,3-4,9,12-13,15H2,1-2H3,(H,27,29)/t21-,22+/m0/s1. The molecule has 4 nitrogen and oxygen atoms in total. The number of halogens is 2. The molecule has 2 rings (SSSR count). The van der Waals surface area contributed by atoms with Crippen molar-refractivity contribution in [1.29, 1.82) is 0 Å². The second-order valence-corrected chi connectivity index (χ2v) is 8.19. The third-order valence-corrected chi connectivity index (χ3v) is 5.52. The maximum absolute atomic E-state index is 13.6. The van der Waals surface area contributed by atoms with E-state index in [1.165, 1.54) is 12.1 Å². The van der Waals surface area contributed by atoms with Gasteiger partial charge in [-0.3, -0.25) is 4.79 Å². The average Bonchev–Trinajstić information content (AvgIpc) is 2.70. The number of aliphatic hydroxyl groups excluding tert-OH is 1. The van der Waals surface area contributed by atoms with E-state index in [0.29, 0.717) is 5.56 Å². The average molecular weight is 437 g/mol. The number of nitrogens with one attached hydrogen (secondary N) is 2. The Balaban J connectivity index is 2.05. The summed E-state index contributed by atoms with van der Waals surface area (Å²) in [7, 11) is 0. The smallest absolute Gasteiger partial charge is 0.224 e. The van der Waals surface area contributed by atoms with Crippen LogP contribution in [0.2, 0.25) is 0 Å². The van der Waals surface area contributed by atoms with Crippen LogP contribution in [0.25, 0.3) is 0 Å². The van der Waals surface area contributed by atoms with Crippen molar-refractivity contribution in [3.8, 4) is 0 Å². The lowest BCUT2D eigenvalue weighted by Gasteiger charge is -2.25. The van der Waals surface area contributed by atoms with E-state index in [9.17, 15) is 18.7 Å². The molecule has 7 heteroatoms. The molecule has 0 aliphatic rings. The summed E-state index contributed by atoms with van der Waals surface area (Å²) in [6.07, 6.45) is 3.39. The summed E-state index contributed by atoms with van der Waals surface area (Å²) in [5, 5.41) is 16.6. The highest BCUT2D eigenvalue weighted by Gasteiger charge is 2.22. The van der Waals surface area contributed by atoms with Crippen LogP contribution in [0.4, 0.5) is 8.78 Å². The topological polar surface area (TPSA) is 61.4 Å². The fraction of sp³-hybridized carbons (Fsp3) is 0.435. The highest BCUT2D eigenvalue weighted by atomic mass is 32.2. The number of amides is 1. The van der Waals surface area contributed by atoms with E-state index in [4.69, 9.17) is 0 Å². The SMILES string of the molecule is CCCCNC[C@@H](O)[C@H](Cc1cc(F)cc(F)c1)NC(=O)Cc1ccc(SC)cc1. The van der Waals surface area contributed by atoms with Gasteiger partial charge in [-0.1, -0.05) is 25.5 Å². The third kappa shape index (κ3) is 8.42. The second kappa shape index (κ2) is 12.7. The summed E-state index contributed by atoms with van der Waals surface area (Å²) in [6, 6.07) is 10.3. The lowest BCUT2D eigenvalue weighted by atomic mass is 10.00. The van der Waals surface area contributed by atoms with Gasteiger partial charge in [0.1, 0.15) is 11.6 Å². The van der Waals surface area contributed by atoms with Gasteiger partial charge in [0.15, 0.2) is 0 Å². The van der Waals surface area contributed by atoms with Gasteiger partial charge in [-0.25, -0.2) is 8.78 Å². The van der Waals surface area contributed by atoms with Crippen molar-refractivity contribution < 1.29 is 18.7 Å². The van der Waals surface area contributed by atoms with E-state index >= 15 is 0 Å². The molecule has 0 bridgehead atoms. The molecule has 0 saturated heterocycles. The first kappa shape index (κ1) is 24.3. The molecule has 30 heavy (non-hydrogen) atoms. The predicted molar refractivity (Wildman–Crippen MR) is 118 cm³/mol. The van der Waals surface area contributed by atoms with E-state index in [1.807, 2.05) is 30.5 Å². The van der Waals surface area contributed by atoms with Crippen LogP contribution in [0.1, 0.15) is 30.9 Å². The fourth-order valence-corrected chi connectivity index (χ4v) is 3.55. The Labute approximate surface area is 181 Å². The summed E-state index contributed by atoms with van der Waals surface area (Å²) in [4.78, 5) is 13.7. The van der Waals surface area contributed by atoms with Crippen molar-refractivity contribution in [3.63, 3.8) is 0 Å². The molecule has 0 fully saturated rings. The van der Waals surface area contributed by atoms with Gasteiger partial charge in [0.25, 0.3) is 0 Å². The van der Waals surface area contributed by atoms with Gasteiger partial charge < -0.3 is 15.7 Å². The number of unbranched alkanes of at least 4 members (excludes halogenated alkanes) is 1. The molecule has 2 atom stereocenters. The van der Waals surface area contributed by atoms with Crippen molar-refractivity contribution >= 4 is 17.7 Å². The van der Waals surface area contributed by atoms with E-state index < -0.39 is 23.8 Å². The van der Waals surface area contributed by atoms with Crippen LogP contribution in [0.3, 0.4) is 0 Å². The quantitative estimate of drug-likeness (QED) is 0.351. The molecule has 1 amide bonds. The van der Waals surface area contributed by atoms with Gasteiger partial charge in [-0.2, -0.15) is 0 Å². The van der Waals surface area contributed by atoms with Gasteiger partial charge >= 0.3 is 0 Å². The first-order chi connectivity index (χ1) is 14.4. The number of benzene rings is 2. The van der Waals surface area contributed by atoms with Crippen molar-refractivity contribution in [1.82, 2.24) is 10.6 Å². The van der Waals surface area contributed by atoms with Crippen molar-refractivity contribution in [2.75, 3.05) is 19.3 Å².